The van der Waals surface area contributed by atoms with E-state index in [0.29, 0.717) is 0 Å². The molecule has 0 aliphatic heterocycles. The van der Waals surface area contributed by atoms with Gasteiger partial charge in [-0.1, -0.05) is 170 Å². The summed E-state index contributed by atoms with van der Waals surface area (Å²) in [5.41, 5.74) is 16.7. The summed E-state index contributed by atoms with van der Waals surface area (Å²) in [7, 11) is 0. The van der Waals surface area contributed by atoms with Gasteiger partial charge in [0.1, 0.15) is 0 Å². The van der Waals surface area contributed by atoms with Gasteiger partial charge in [0.05, 0.1) is 0 Å². The van der Waals surface area contributed by atoms with E-state index in [-0.39, 0.29) is 0 Å². The minimum atomic E-state index is 0.778. The SMILES string of the molecule is CCCCc1cc(CCCC)cc(-c2cc3ccccc3c(-c3c(CBr)c(-c4cc(CCCC)cc(CCCC)c4)cc4ccccc34)c2CBr)c1. The van der Waals surface area contributed by atoms with Crippen molar-refractivity contribution in [1.29, 1.82) is 0 Å². The number of benzene rings is 6. The lowest BCUT2D eigenvalue weighted by molar-refractivity contribution is 0.781. The summed E-state index contributed by atoms with van der Waals surface area (Å²) in [6.07, 6.45) is 14.2. The van der Waals surface area contributed by atoms with E-state index in [2.05, 4.69) is 157 Å². The fourth-order valence-electron chi connectivity index (χ4n) is 8.08. The van der Waals surface area contributed by atoms with Gasteiger partial charge in [0.25, 0.3) is 0 Å². The molecule has 2 heteroatoms. The fraction of sp³-hybridized carbons (Fsp3) is 0.360. The Hall–Kier alpha value is -3.20. The van der Waals surface area contributed by atoms with Crippen molar-refractivity contribution in [2.75, 3.05) is 0 Å². The molecule has 0 heterocycles. The Morgan fingerprint density at radius 1 is 0.404 bits per heavy atom. The molecule has 270 valence electrons. The van der Waals surface area contributed by atoms with Crippen LogP contribution in [0.2, 0.25) is 0 Å². The summed E-state index contributed by atoms with van der Waals surface area (Å²) in [4.78, 5) is 0. The van der Waals surface area contributed by atoms with Gasteiger partial charge in [-0.3, -0.25) is 0 Å². The number of alkyl halides is 2. The zero-order valence-corrected chi connectivity index (χ0v) is 35.1. The third-order valence-electron chi connectivity index (χ3n) is 10.8. The van der Waals surface area contributed by atoms with Crippen LogP contribution >= 0.6 is 31.9 Å². The molecule has 0 N–H and O–H groups in total. The second-order valence-corrected chi connectivity index (χ2v) is 15.9. The second kappa shape index (κ2) is 18.7. The number of halogens is 2. The summed E-state index contributed by atoms with van der Waals surface area (Å²) >= 11 is 8.18. The van der Waals surface area contributed by atoms with Crippen LogP contribution in [0.1, 0.15) is 112 Å². The first-order valence-electron chi connectivity index (χ1n) is 20.0. The van der Waals surface area contributed by atoms with Crippen LogP contribution in [0.3, 0.4) is 0 Å². The zero-order chi connectivity index (χ0) is 36.5. The molecule has 0 spiro atoms. The predicted octanol–water partition coefficient (Wildman–Crippen LogP) is 16.2. The smallest absolute Gasteiger partial charge is 0.0295 e. The minimum Gasteiger partial charge on any atom is -0.0876 e. The average Bonchev–Trinajstić information content (AvgIpc) is 3.18. The van der Waals surface area contributed by atoms with E-state index >= 15 is 0 Å². The van der Waals surface area contributed by atoms with Gasteiger partial charge in [-0.05, 0) is 152 Å². The van der Waals surface area contributed by atoms with Crippen molar-refractivity contribution in [2.24, 2.45) is 0 Å². The topological polar surface area (TPSA) is 0 Å². The van der Waals surface area contributed by atoms with Gasteiger partial charge in [-0.2, -0.15) is 0 Å². The molecule has 0 unspecified atom stereocenters. The Labute approximate surface area is 330 Å². The van der Waals surface area contributed by atoms with Gasteiger partial charge < -0.3 is 0 Å². The molecule has 0 radical (unpaired) electrons. The Balaban J connectivity index is 1.68. The molecule has 6 aromatic carbocycles. The number of rotatable bonds is 17. The summed E-state index contributed by atoms with van der Waals surface area (Å²) in [5.74, 6) is 0. The molecule has 52 heavy (non-hydrogen) atoms. The first-order valence-corrected chi connectivity index (χ1v) is 22.3. The Morgan fingerprint density at radius 2 is 0.731 bits per heavy atom. The molecule has 0 fully saturated rings. The minimum absolute atomic E-state index is 0.778. The lowest BCUT2D eigenvalue weighted by Crippen LogP contribution is -2.01. The van der Waals surface area contributed by atoms with Crippen LogP contribution in [-0.2, 0) is 36.3 Å². The summed E-state index contributed by atoms with van der Waals surface area (Å²) in [6.45, 7) is 9.20. The van der Waals surface area contributed by atoms with E-state index in [4.69, 9.17) is 0 Å². The van der Waals surface area contributed by atoms with Gasteiger partial charge in [0.2, 0.25) is 0 Å². The highest BCUT2D eigenvalue weighted by atomic mass is 79.9. The molecule has 0 bridgehead atoms. The molecule has 0 saturated carbocycles. The van der Waals surface area contributed by atoms with Crippen LogP contribution in [0.5, 0.6) is 0 Å². The zero-order valence-electron chi connectivity index (χ0n) is 31.9. The van der Waals surface area contributed by atoms with Crippen molar-refractivity contribution in [1.82, 2.24) is 0 Å². The molecule has 0 atom stereocenters. The van der Waals surface area contributed by atoms with E-state index in [0.717, 1.165) is 36.3 Å². The van der Waals surface area contributed by atoms with Gasteiger partial charge in [0, 0.05) is 10.7 Å². The van der Waals surface area contributed by atoms with E-state index < -0.39 is 0 Å². The standard InChI is InChI=1S/C50H56Br2/c1-5-9-17-35-25-36(18-10-6-2)28-41(27-35)45-31-39-21-13-15-23-43(39)49(47(45)33-51)50-44-24-16-14-22-40(44)32-46(48(50)34-52)42-29-37(19-11-7-3)26-38(30-42)20-12-8-4/h13-16,21-32H,5-12,17-20,33-34H2,1-4H3. The third kappa shape index (κ3) is 8.61. The molecule has 6 rings (SSSR count). The van der Waals surface area contributed by atoms with Crippen LogP contribution in [0.25, 0.3) is 54.9 Å². The molecule has 0 aliphatic rings. The van der Waals surface area contributed by atoms with Crippen LogP contribution in [0.15, 0.2) is 97.1 Å². The second-order valence-electron chi connectivity index (χ2n) is 14.8. The van der Waals surface area contributed by atoms with Crippen molar-refractivity contribution in [3.05, 3.63) is 130 Å². The molecular weight excluding hydrogens is 760 g/mol. The predicted molar refractivity (Wildman–Crippen MR) is 237 cm³/mol. The largest absolute Gasteiger partial charge is 0.0876 e. The normalized spacial score (nSPS) is 11.6. The van der Waals surface area contributed by atoms with Gasteiger partial charge in [-0.15, -0.1) is 0 Å². The highest BCUT2D eigenvalue weighted by molar-refractivity contribution is 9.08. The highest BCUT2D eigenvalue weighted by Crippen LogP contribution is 2.47. The summed E-state index contributed by atoms with van der Waals surface area (Å²) in [6, 6.07) is 38.0. The monoisotopic (exact) mass is 814 g/mol. The molecule has 0 aromatic heterocycles. The fourth-order valence-corrected chi connectivity index (χ4v) is 9.25. The summed E-state index contributed by atoms with van der Waals surface area (Å²) in [5, 5.41) is 6.78. The van der Waals surface area contributed by atoms with E-state index in [9.17, 15) is 0 Å². The molecule has 0 saturated heterocycles. The Kier molecular flexibility index (Phi) is 13.9. The average molecular weight is 817 g/mol. The van der Waals surface area contributed by atoms with Crippen molar-refractivity contribution in [3.8, 4) is 33.4 Å². The number of hydrogen-bond acceptors (Lipinski definition) is 0. The first kappa shape index (κ1) is 38.5. The molecule has 0 nitrogen and oxygen atoms in total. The molecular formula is C50H56Br2. The molecule has 0 aliphatic carbocycles. The molecule has 6 aromatic rings. The maximum atomic E-state index is 4.09. The van der Waals surface area contributed by atoms with E-state index in [1.165, 1.54) is 140 Å². The van der Waals surface area contributed by atoms with Crippen LogP contribution in [0, 0.1) is 0 Å². The Bertz CT molecular complexity index is 1920. The lowest BCUT2D eigenvalue weighted by atomic mass is 9.81. The lowest BCUT2D eigenvalue weighted by Gasteiger charge is -2.24. The van der Waals surface area contributed by atoms with Crippen molar-refractivity contribution >= 4 is 53.4 Å². The maximum absolute atomic E-state index is 4.09. The van der Waals surface area contributed by atoms with Crippen LogP contribution in [0.4, 0.5) is 0 Å². The number of aryl methyl sites for hydroxylation is 4. The van der Waals surface area contributed by atoms with Gasteiger partial charge >= 0.3 is 0 Å². The quantitative estimate of drug-likeness (QED) is 0.0805. The molecule has 0 amide bonds. The van der Waals surface area contributed by atoms with Gasteiger partial charge in [0.15, 0.2) is 0 Å². The van der Waals surface area contributed by atoms with Crippen LogP contribution in [-0.4, -0.2) is 0 Å². The van der Waals surface area contributed by atoms with E-state index in [1.54, 1.807) is 0 Å². The Morgan fingerprint density at radius 3 is 1.04 bits per heavy atom. The van der Waals surface area contributed by atoms with Gasteiger partial charge in [-0.25, -0.2) is 0 Å². The van der Waals surface area contributed by atoms with Crippen LogP contribution < -0.4 is 0 Å². The summed E-state index contributed by atoms with van der Waals surface area (Å²) < 4.78 is 0. The first-order chi connectivity index (χ1) is 25.5. The highest BCUT2D eigenvalue weighted by Gasteiger charge is 2.23. The maximum Gasteiger partial charge on any atom is 0.0295 e. The third-order valence-corrected chi connectivity index (χ3v) is 12.0. The van der Waals surface area contributed by atoms with Crippen molar-refractivity contribution in [2.45, 2.75) is 115 Å². The number of fused-ring (bicyclic) bond motifs is 2. The van der Waals surface area contributed by atoms with Crippen molar-refractivity contribution < 1.29 is 0 Å². The van der Waals surface area contributed by atoms with E-state index in [1.807, 2.05) is 0 Å². The number of unbranched alkanes of at least 4 members (excludes halogenated alkanes) is 4. The number of hydrogen-bond donors (Lipinski definition) is 0. The van der Waals surface area contributed by atoms with Crippen molar-refractivity contribution in [3.63, 3.8) is 0 Å².